The highest BCUT2D eigenvalue weighted by molar-refractivity contribution is 8.00. The predicted octanol–water partition coefficient (Wildman–Crippen LogP) is 4.93. The van der Waals surface area contributed by atoms with Crippen LogP contribution >= 0.6 is 35.0 Å². The summed E-state index contributed by atoms with van der Waals surface area (Å²) in [4.78, 5) is 23.6. The van der Waals surface area contributed by atoms with Gasteiger partial charge < -0.3 is 10.6 Å². The van der Waals surface area contributed by atoms with Gasteiger partial charge in [-0.05, 0) is 23.9 Å². The Hall–Kier alpha value is -1.91. The minimum atomic E-state index is -4.50. The van der Waals surface area contributed by atoms with Crippen molar-refractivity contribution >= 4 is 58.3 Å². The number of anilines is 2. The van der Waals surface area contributed by atoms with Gasteiger partial charge in [-0.25, -0.2) is 0 Å². The number of aromatic amines is 1. The van der Waals surface area contributed by atoms with Gasteiger partial charge in [-0.1, -0.05) is 30.1 Å². The molecule has 2 aromatic rings. The topological polar surface area (TPSA) is 86.9 Å². The Morgan fingerprint density at radius 3 is 2.38 bits per heavy atom. The Morgan fingerprint density at radius 1 is 1.23 bits per heavy atom. The van der Waals surface area contributed by atoms with Crippen LogP contribution in [-0.2, 0) is 4.79 Å². The van der Waals surface area contributed by atoms with Crippen molar-refractivity contribution in [2.75, 3.05) is 10.6 Å². The number of nitrogens with one attached hydrogen (secondary N) is 3. The molecule has 0 atom stereocenters. The number of halogens is 5. The van der Waals surface area contributed by atoms with Crippen molar-refractivity contribution in [3.8, 4) is 0 Å². The third-order valence-electron chi connectivity index (χ3n) is 2.96. The predicted molar refractivity (Wildman–Crippen MR) is 93.8 cm³/mol. The molecule has 0 saturated carbocycles. The van der Waals surface area contributed by atoms with Gasteiger partial charge >= 0.3 is 5.51 Å². The van der Waals surface area contributed by atoms with Gasteiger partial charge in [0.1, 0.15) is 11.4 Å². The van der Waals surface area contributed by atoms with E-state index in [1.54, 1.807) is 6.92 Å². The molecule has 3 N–H and O–H groups in total. The van der Waals surface area contributed by atoms with Gasteiger partial charge in [0, 0.05) is 11.3 Å². The van der Waals surface area contributed by atoms with Gasteiger partial charge in [0.15, 0.2) is 0 Å². The van der Waals surface area contributed by atoms with Crippen LogP contribution in [0.25, 0.3) is 0 Å². The monoisotopic (exact) mass is 426 g/mol. The van der Waals surface area contributed by atoms with Gasteiger partial charge in [-0.15, -0.1) is 0 Å². The number of nitrogens with zero attached hydrogens (tertiary/aromatic N) is 1. The first-order chi connectivity index (χ1) is 12.1. The zero-order valence-electron chi connectivity index (χ0n) is 13.0. The zero-order chi connectivity index (χ0) is 19.5. The van der Waals surface area contributed by atoms with Crippen molar-refractivity contribution in [3.05, 3.63) is 33.9 Å². The average Bonchev–Trinajstić information content (AvgIpc) is 2.97. The maximum atomic E-state index is 12.4. The highest BCUT2D eigenvalue weighted by Gasteiger charge is 2.30. The summed E-state index contributed by atoms with van der Waals surface area (Å²) < 4.78 is 37.3. The molecular formula is C14H11Cl2F3N4O2S. The molecule has 2 amide bonds. The molecule has 0 spiro atoms. The first kappa shape index (κ1) is 20.4. The Bertz CT molecular complexity index is 819. The number of hydrogen-bond donors (Lipinski definition) is 3. The van der Waals surface area contributed by atoms with Crippen molar-refractivity contribution in [3.63, 3.8) is 0 Å². The molecule has 6 nitrogen and oxygen atoms in total. The highest BCUT2D eigenvalue weighted by Crippen LogP contribution is 2.42. The van der Waals surface area contributed by atoms with Gasteiger partial charge in [0.05, 0.1) is 21.9 Å². The quantitative estimate of drug-likeness (QED) is 0.591. The molecule has 0 saturated heterocycles. The molecule has 0 bridgehead atoms. The lowest BCUT2D eigenvalue weighted by atomic mass is 10.2. The normalized spacial score (nSPS) is 11.3. The van der Waals surface area contributed by atoms with E-state index in [0.717, 1.165) is 12.1 Å². The number of amides is 2. The maximum Gasteiger partial charge on any atom is 0.446 e. The molecule has 0 aliphatic rings. The van der Waals surface area contributed by atoms with Gasteiger partial charge in [0.2, 0.25) is 5.91 Å². The number of carbonyl (C=O) groups excluding carboxylic acids is 2. The molecule has 0 radical (unpaired) electrons. The lowest BCUT2D eigenvalue weighted by molar-refractivity contribution is -0.115. The second-order valence-electron chi connectivity index (χ2n) is 4.82. The average molecular weight is 427 g/mol. The van der Waals surface area contributed by atoms with Crippen molar-refractivity contribution in [2.24, 2.45) is 0 Å². The van der Waals surface area contributed by atoms with E-state index >= 15 is 0 Å². The summed E-state index contributed by atoms with van der Waals surface area (Å²) in [5.41, 5.74) is -4.55. The Labute approximate surface area is 159 Å². The van der Waals surface area contributed by atoms with E-state index in [1.807, 2.05) is 0 Å². The van der Waals surface area contributed by atoms with Crippen LogP contribution in [-0.4, -0.2) is 27.5 Å². The van der Waals surface area contributed by atoms with Crippen LogP contribution < -0.4 is 10.6 Å². The fourth-order valence-electron chi connectivity index (χ4n) is 1.82. The fraction of sp³-hybridized carbons (Fsp3) is 0.214. The van der Waals surface area contributed by atoms with Crippen LogP contribution in [0.15, 0.2) is 23.2 Å². The zero-order valence-corrected chi connectivity index (χ0v) is 15.3. The number of aromatic nitrogens is 2. The summed E-state index contributed by atoms with van der Waals surface area (Å²) in [6, 6.07) is 2.08. The number of benzene rings is 1. The summed E-state index contributed by atoms with van der Waals surface area (Å²) in [5, 5.41) is 10.7. The van der Waals surface area contributed by atoms with Crippen LogP contribution in [0.4, 0.5) is 24.7 Å². The van der Waals surface area contributed by atoms with Crippen LogP contribution in [0, 0.1) is 0 Å². The number of thioether (sulfide) groups is 1. The molecule has 2 rings (SSSR count). The Kier molecular flexibility index (Phi) is 6.43. The Morgan fingerprint density at radius 2 is 1.85 bits per heavy atom. The summed E-state index contributed by atoms with van der Waals surface area (Å²) in [7, 11) is 0. The number of H-pyrrole nitrogens is 1. The Balaban J connectivity index is 2.22. The molecule has 12 heteroatoms. The molecule has 1 aromatic heterocycles. The smallest absolute Gasteiger partial charge is 0.319 e. The van der Waals surface area contributed by atoms with E-state index < -0.39 is 11.4 Å². The molecule has 1 heterocycles. The van der Waals surface area contributed by atoms with Crippen LogP contribution in [0.1, 0.15) is 23.7 Å². The number of rotatable bonds is 5. The van der Waals surface area contributed by atoms with E-state index in [2.05, 4.69) is 20.8 Å². The highest BCUT2D eigenvalue weighted by atomic mass is 35.5. The third kappa shape index (κ3) is 5.29. The fourth-order valence-corrected chi connectivity index (χ4v) is 3.16. The largest absolute Gasteiger partial charge is 0.446 e. The van der Waals surface area contributed by atoms with Gasteiger partial charge in [-0.3, -0.25) is 14.7 Å². The number of carbonyl (C=O) groups is 2. The molecule has 0 aliphatic carbocycles. The summed E-state index contributed by atoms with van der Waals surface area (Å²) in [6.45, 7) is 1.63. The second kappa shape index (κ2) is 8.19. The minimum Gasteiger partial charge on any atom is -0.319 e. The van der Waals surface area contributed by atoms with E-state index in [9.17, 15) is 22.8 Å². The standard InChI is InChI=1S/C14H11Cl2F3N4O2S/c1-2-10(24)21-12-7(5-20-23-12)13(25)22-11-8(15)3-6(4-9(11)16)26-14(17,18)19/h3-5H,2H2,1H3,(H,22,25)(H2,20,21,23,24). The van der Waals surface area contributed by atoms with Crippen molar-refractivity contribution < 1.29 is 22.8 Å². The summed E-state index contributed by atoms with van der Waals surface area (Å²) in [5.74, 6) is -0.969. The van der Waals surface area contributed by atoms with Crippen molar-refractivity contribution in [1.29, 1.82) is 0 Å². The molecule has 140 valence electrons. The van der Waals surface area contributed by atoms with E-state index in [-0.39, 0.29) is 56.1 Å². The number of hydrogen-bond acceptors (Lipinski definition) is 4. The second-order valence-corrected chi connectivity index (χ2v) is 6.78. The molecule has 0 aliphatic heterocycles. The number of alkyl halides is 3. The van der Waals surface area contributed by atoms with Crippen LogP contribution in [0.3, 0.4) is 0 Å². The maximum absolute atomic E-state index is 12.4. The van der Waals surface area contributed by atoms with Crippen LogP contribution in [0.2, 0.25) is 10.0 Å². The summed E-state index contributed by atoms with van der Waals surface area (Å²) in [6.07, 6.45) is 1.37. The van der Waals surface area contributed by atoms with Gasteiger partial charge in [0.25, 0.3) is 5.91 Å². The van der Waals surface area contributed by atoms with Crippen molar-refractivity contribution in [1.82, 2.24) is 10.2 Å². The van der Waals surface area contributed by atoms with Gasteiger partial charge in [-0.2, -0.15) is 18.3 Å². The molecule has 1 aromatic carbocycles. The van der Waals surface area contributed by atoms with E-state index in [4.69, 9.17) is 23.2 Å². The lowest BCUT2D eigenvalue weighted by Crippen LogP contribution is -2.17. The molecule has 0 fully saturated rings. The van der Waals surface area contributed by atoms with Crippen molar-refractivity contribution in [2.45, 2.75) is 23.7 Å². The lowest BCUT2D eigenvalue weighted by Gasteiger charge is -2.12. The van der Waals surface area contributed by atoms with E-state index in [0.29, 0.717) is 0 Å². The van der Waals surface area contributed by atoms with Crippen LogP contribution in [0.5, 0.6) is 0 Å². The third-order valence-corrected chi connectivity index (χ3v) is 4.26. The minimum absolute atomic E-state index is 0.00711. The van der Waals surface area contributed by atoms with E-state index in [1.165, 1.54) is 6.20 Å². The molecule has 26 heavy (non-hydrogen) atoms. The first-order valence-corrected chi connectivity index (χ1v) is 8.57. The first-order valence-electron chi connectivity index (χ1n) is 7.00. The molecule has 0 unspecified atom stereocenters. The SMILES string of the molecule is CCC(=O)Nc1[nH]ncc1C(=O)Nc1c(Cl)cc(SC(F)(F)F)cc1Cl. The molecular weight excluding hydrogens is 416 g/mol. The summed E-state index contributed by atoms with van der Waals surface area (Å²) >= 11 is 11.5.